The number of aromatic carboxylic acids is 1. The number of carboxylic acid groups (broad SMARTS) is 1. The summed E-state index contributed by atoms with van der Waals surface area (Å²) in [7, 11) is 1.87. The van der Waals surface area contributed by atoms with Crippen LogP contribution in [0.1, 0.15) is 27.3 Å². The van der Waals surface area contributed by atoms with Crippen molar-refractivity contribution in [3.05, 3.63) is 34.9 Å². The average molecular weight is 248 g/mol. The van der Waals surface area contributed by atoms with Crippen molar-refractivity contribution >= 4 is 5.97 Å². The topological polar surface area (TPSA) is 72.9 Å². The fourth-order valence-corrected chi connectivity index (χ4v) is 2.06. The smallest absolute Gasteiger partial charge is 0.339 e. The summed E-state index contributed by atoms with van der Waals surface area (Å²) in [6, 6.07) is 0. The third kappa shape index (κ3) is 2.27. The highest BCUT2D eigenvalue weighted by Crippen LogP contribution is 2.13. The van der Waals surface area contributed by atoms with Gasteiger partial charge >= 0.3 is 5.97 Å². The van der Waals surface area contributed by atoms with Crippen molar-refractivity contribution in [3.8, 4) is 0 Å². The minimum Gasteiger partial charge on any atom is -0.478 e. The summed E-state index contributed by atoms with van der Waals surface area (Å²) in [6.07, 6.45) is 4.54. The van der Waals surface area contributed by atoms with Crippen LogP contribution in [-0.4, -0.2) is 30.6 Å². The van der Waals surface area contributed by atoms with E-state index in [0.29, 0.717) is 23.5 Å². The van der Waals surface area contributed by atoms with Crippen LogP contribution >= 0.6 is 0 Å². The van der Waals surface area contributed by atoms with Crippen molar-refractivity contribution in [1.29, 1.82) is 0 Å². The Morgan fingerprint density at radius 3 is 2.67 bits per heavy atom. The molecule has 0 saturated carbocycles. The van der Waals surface area contributed by atoms with E-state index in [9.17, 15) is 4.79 Å². The van der Waals surface area contributed by atoms with Gasteiger partial charge in [0.15, 0.2) is 0 Å². The van der Waals surface area contributed by atoms with Gasteiger partial charge in [-0.15, -0.1) is 0 Å². The van der Waals surface area contributed by atoms with Crippen LogP contribution in [0.5, 0.6) is 0 Å². The molecule has 0 fully saturated rings. The first kappa shape index (κ1) is 12.3. The van der Waals surface area contributed by atoms with Crippen LogP contribution in [0.3, 0.4) is 0 Å². The Labute approximate surface area is 105 Å². The molecule has 0 bridgehead atoms. The summed E-state index contributed by atoms with van der Waals surface area (Å²) in [5.74, 6) is -0.919. The summed E-state index contributed by atoms with van der Waals surface area (Å²) in [5, 5.41) is 17.4. The Morgan fingerprint density at radius 2 is 2.17 bits per heavy atom. The number of carboxylic acids is 1. The highest BCUT2D eigenvalue weighted by molar-refractivity contribution is 5.90. The Morgan fingerprint density at radius 1 is 1.44 bits per heavy atom. The number of aryl methyl sites for hydroxylation is 4. The van der Waals surface area contributed by atoms with Crippen LogP contribution in [0.15, 0.2) is 12.4 Å². The first-order valence-corrected chi connectivity index (χ1v) is 5.74. The number of hydrogen-bond acceptors (Lipinski definition) is 3. The monoisotopic (exact) mass is 248 g/mol. The van der Waals surface area contributed by atoms with E-state index in [0.717, 1.165) is 12.0 Å². The molecule has 0 aliphatic rings. The van der Waals surface area contributed by atoms with E-state index in [1.807, 2.05) is 19.4 Å². The predicted molar refractivity (Wildman–Crippen MR) is 65.6 cm³/mol. The molecular weight excluding hydrogens is 232 g/mol. The fraction of sp³-hybridized carbons (Fsp3) is 0.417. The van der Waals surface area contributed by atoms with Crippen LogP contribution in [0, 0.1) is 13.8 Å². The molecule has 0 aliphatic heterocycles. The zero-order chi connectivity index (χ0) is 13.3. The Hall–Kier alpha value is -2.11. The molecule has 0 atom stereocenters. The number of nitrogens with zero attached hydrogens (tertiary/aromatic N) is 4. The zero-order valence-electron chi connectivity index (χ0n) is 10.7. The van der Waals surface area contributed by atoms with Crippen LogP contribution in [0.25, 0.3) is 0 Å². The van der Waals surface area contributed by atoms with E-state index in [-0.39, 0.29) is 0 Å². The molecular formula is C12H16N4O2. The summed E-state index contributed by atoms with van der Waals surface area (Å²) in [5.41, 5.74) is 2.68. The van der Waals surface area contributed by atoms with Crippen molar-refractivity contribution in [1.82, 2.24) is 19.6 Å². The molecule has 2 aromatic heterocycles. The molecule has 0 saturated heterocycles. The highest BCUT2D eigenvalue weighted by Gasteiger charge is 2.17. The second-order valence-electron chi connectivity index (χ2n) is 4.35. The third-order valence-electron chi connectivity index (χ3n) is 2.97. The molecule has 0 spiro atoms. The van der Waals surface area contributed by atoms with Crippen molar-refractivity contribution in [2.45, 2.75) is 26.8 Å². The molecule has 0 unspecified atom stereocenters. The van der Waals surface area contributed by atoms with Gasteiger partial charge in [-0.05, 0) is 25.8 Å². The number of carbonyl (C=O) groups is 1. The predicted octanol–water partition coefficient (Wildman–Crippen LogP) is 1.17. The van der Waals surface area contributed by atoms with E-state index in [1.54, 1.807) is 23.2 Å². The van der Waals surface area contributed by atoms with E-state index in [1.165, 1.54) is 0 Å². The van der Waals surface area contributed by atoms with Gasteiger partial charge in [-0.25, -0.2) is 4.79 Å². The molecule has 6 nitrogen and oxygen atoms in total. The minimum absolute atomic E-state index is 0.307. The summed E-state index contributed by atoms with van der Waals surface area (Å²) < 4.78 is 3.49. The second kappa shape index (κ2) is 4.64. The molecule has 2 rings (SSSR count). The van der Waals surface area contributed by atoms with Gasteiger partial charge in [0.1, 0.15) is 5.56 Å². The van der Waals surface area contributed by atoms with Gasteiger partial charge in [-0.2, -0.15) is 10.2 Å². The number of hydrogen-bond donors (Lipinski definition) is 1. The molecule has 1 N–H and O–H groups in total. The zero-order valence-corrected chi connectivity index (χ0v) is 10.7. The van der Waals surface area contributed by atoms with Gasteiger partial charge in [0.2, 0.25) is 0 Å². The maximum absolute atomic E-state index is 11.1. The molecule has 0 aliphatic carbocycles. The number of rotatable bonds is 4. The van der Waals surface area contributed by atoms with E-state index in [2.05, 4.69) is 10.2 Å². The third-order valence-corrected chi connectivity index (χ3v) is 2.97. The second-order valence-corrected chi connectivity index (χ2v) is 4.35. The molecule has 2 aromatic rings. The van der Waals surface area contributed by atoms with Gasteiger partial charge in [-0.3, -0.25) is 9.36 Å². The molecule has 0 aromatic carbocycles. The largest absolute Gasteiger partial charge is 0.478 e. The Kier molecular flexibility index (Phi) is 3.18. The lowest BCUT2D eigenvalue weighted by Crippen LogP contribution is -2.06. The van der Waals surface area contributed by atoms with E-state index >= 15 is 0 Å². The van der Waals surface area contributed by atoms with Crippen LogP contribution in [-0.2, 0) is 20.0 Å². The van der Waals surface area contributed by atoms with Gasteiger partial charge in [0, 0.05) is 19.8 Å². The maximum Gasteiger partial charge on any atom is 0.339 e. The molecule has 6 heteroatoms. The summed E-state index contributed by atoms with van der Waals surface area (Å²) >= 11 is 0. The van der Waals surface area contributed by atoms with Crippen LogP contribution < -0.4 is 0 Å². The fourth-order valence-electron chi connectivity index (χ4n) is 2.06. The van der Waals surface area contributed by atoms with Crippen molar-refractivity contribution in [3.63, 3.8) is 0 Å². The average Bonchev–Trinajstić information content (AvgIpc) is 2.80. The van der Waals surface area contributed by atoms with Gasteiger partial charge in [0.25, 0.3) is 0 Å². The SMILES string of the molecule is Cc1nn(CCc2cnn(C)c2)c(C)c1C(=O)O. The van der Waals surface area contributed by atoms with E-state index in [4.69, 9.17) is 5.11 Å². The standard InChI is InChI=1S/C12H16N4O2/c1-8-11(12(17)18)9(2)16(14-8)5-4-10-6-13-15(3)7-10/h6-7H,4-5H2,1-3H3,(H,17,18). The first-order chi connectivity index (χ1) is 8.49. The van der Waals surface area contributed by atoms with E-state index < -0.39 is 5.97 Å². The highest BCUT2D eigenvalue weighted by atomic mass is 16.4. The lowest BCUT2D eigenvalue weighted by molar-refractivity contribution is 0.0695. The molecule has 96 valence electrons. The van der Waals surface area contributed by atoms with Gasteiger partial charge < -0.3 is 5.11 Å². The number of aromatic nitrogens is 4. The summed E-state index contributed by atoms with van der Waals surface area (Å²) in [6.45, 7) is 4.16. The van der Waals surface area contributed by atoms with Crippen LogP contribution in [0.4, 0.5) is 0 Å². The normalized spacial score (nSPS) is 10.8. The maximum atomic E-state index is 11.1. The lowest BCUT2D eigenvalue weighted by atomic mass is 10.2. The summed E-state index contributed by atoms with van der Waals surface area (Å²) in [4.78, 5) is 11.1. The Balaban J connectivity index is 2.15. The van der Waals surface area contributed by atoms with Crippen molar-refractivity contribution in [2.75, 3.05) is 0 Å². The molecule has 2 heterocycles. The molecule has 18 heavy (non-hydrogen) atoms. The van der Waals surface area contributed by atoms with Crippen molar-refractivity contribution < 1.29 is 9.90 Å². The molecule has 0 radical (unpaired) electrons. The van der Waals surface area contributed by atoms with Crippen LogP contribution in [0.2, 0.25) is 0 Å². The van der Waals surface area contributed by atoms with Gasteiger partial charge in [0.05, 0.1) is 17.6 Å². The van der Waals surface area contributed by atoms with Crippen molar-refractivity contribution in [2.24, 2.45) is 7.05 Å². The Bertz CT molecular complexity index is 583. The molecule has 0 amide bonds. The van der Waals surface area contributed by atoms with Gasteiger partial charge in [-0.1, -0.05) is 0 Å². The minimum atomic E-state index is -0.919. The lowest BCUT2D eigenvalue weighted by Gasteiger charge is -2.02. The quantitative estimate of drug-likeness (QED) is 0.881. The first-order valence-electron chi connectivity index (χ1n) is 5.74.